The first-order valence-electron chi connectivity index (χ1n) is 14.3. The Morgan fingerprint density at radius 2 is 1.53 bits per heavy atom. The Labute approximate surface area is 278 Å². The van der Waals surface area contributed by atoms with Crippen LogP contribution in [0.1, 0.15) is 11.1 Å². The van der Waals surface area contributed by atoms with Crippen LogP contribution in [0.15, 0.2) is 113 Å². The quantitative estimate of drug-likeness (QED) is 0.113. The Balaban J connectivity index is 1.29. The molecule has 0 fully saturated rings. The van der Waals surface area contributed by atoms with E-state index in [1.165, 1.54) is 57.9 Å². The minimum absolute atomic E-state index is 0.0630. The first-order chi connectivity index (χ1) is 22.7. The summed E-state index contributed by atoms with van der Waals surface area (Å²) in [4.78, 5) is 13.0. The maximum absolute atomic E-state index is 14.0. The summed E-state index contributed by atoms with van der Waals surface area (Å²) < 4.78 is 50.7. The molecular formula is C35H32ClN3O7S. The number of methoxy groups -OCH3 is 3. The van der Waals surface area contributed by atoms with Crippen LogP contribution in [0.5, 0.6) is 23.0 Å². The second-order valence-corrected chi connectivity index (χ2v) is 12.4. The fourth-order valence-corrected chi connectivity index (χ4v) is 6.44. The van der Waals surface area contributed by atoms with Gasteiger partial charge in [0.2, 0.25) is 0 Å². The number of nitrogens with one attached hydrogen (secondary N) is 1. The highest BCUT2D eigenvalue weighted by Gasteiger charge is 2.30. The molecule has 0 aliphatic rings. The van der Waals surface area contributed by atoms with E-state index in [-0.39, 0.29) is 27.1 Å². The Hall–Kier alpha value is -5.26. The molecule has 12 heteroatoms. The molecule has 10 nitrogen and oxygen atoms in total. The predicted octanol–water partition coefficient (Wildman–Crippen LogP) is 6.44. The van der Waals surface area contributed by atoms with Gasteiger partial charge in [-0.3, -0.25) is 9.10 Å². The van der Waals surface area contributed by atoms with Gasteiger partial charge in [0.1, 0.15) is 24.7 Å². The van der Waals surface area contributed by atoms with Gasteiger partial charge in [-0.1, -0.05) is 54.1 Å². The summed E-state index contributed by atoms with van der Waals surface area (Å²) in [5.41, 5.74) is 4.23. The lowest BCUT2D eigenvalue weighted by atomic mass is 10.1. The second-order valence-electron chi connectivity index (χ2n) is 10.1. The molecule has 0 bridgehead atoms. The molecule has 0 heterocycles. The zero-order valence-electron chi connectivity index (χ0n) is 25.8. The number of carbonyl (C=O) groups is 1. The summed E-state index contributed by atoms with van der Waals surface area (Å²) in [5.74, 6) is 0.700. The van der Waals surface area contributed by atoms with E-state index in [1.54, 1.807) is 30.3 Å². The summed E-state index contributed by atoms with van der Waals surface area (Å²) >= 11 is 6.23. The summed E-state index contributed by atoms with van der Waals surface area (Å²) in [5, 5.41) is 6.56. The van der Waals surface area contributed by atoms with E-state index in [0.29, 0.717) is 23.7 Å². The van der Waals surface area contributed by atoms with Crippen molar-refractivity contribution in [2.24, 2.45) is 5.10 Å². The third-order valence-electron chi connectivity index (χ3n) is 7.20. The van der Waals surface area contributed by atoms with E-state index < -0.39 is 22.5 Å². The summed E-state index contributed by atoms with van der Waals surface area (Å²) in [7, 11) is -0.123. The van der Waals surface area contributed by atoms with Crippen molar-refractivity contribution in [1.29, 1.82) is 0 Å². The largest absolute Gasteiger partial charge is 0.495 e. The van der Waals surface area contributed by atoms with Gasteiger partial charge in [0.05, 0.1) is 38.1 Å². The zero-order valence-corrected chi connectivity index (χ0v) is 27.4. The normalized spacial score (nSPS) is 11.3. The van der Waals surface area contributed by atoms with Gasteiger partial charge in [-0.25, -0.2) is 13.8 Å². The van der Waals surface area contributed by atoms with Crippen molar-refractivity contribution in [3.8, 4) is 23.0 Å². The molecule has 47 heavy (non-hydrogen) atoms. The van der Waals surface area contributed by atoms with Gasteiger partial charge in [-0.2, -0.15) is 5.10 Å². The van der Waals surface area contributed by atoms with Gasteiger partial charge in [-0.05, 0) is 76.5 Å². The van der Waals surface area contributed by atoms with Crippen LogP contribution in [0, 0.1) is 0 Å². The van der Waals surface area contributed by atoms with E-state index in [2.05, 4.69) is 28.7 Å². The van der Waals surface area contributed by atoms with Crippen molar-refractivity contribution in [1.82, 2.24) is 5.43 Å². The van der Waals surface area contributed by atoms with Gasteiger partial charge in [0.15, 0.2) is 11.5 Å². The molecule has 1 amide bonds. The van der Waals surface area contributed by atoms with Crippen molar-refractivity contribution < 1.29 is 32.2 Å². The SMILES string of the molecule is COc1ccc(S(=O)(=O)N(CC(=O)N/N=C\c2ccc(OCc3cccc4ccccc34)cc2)c2cc(Cl)ccc2OC)cc1OC. The average Bonchev–Trinajstić information content (AvgIpc) is 3.09. The number of anilines is 1. The Morgan fingerprint density at radius 3 is 2.28 bits per heavy atom. The van der Waals surface area contributed by atoms with Gasteiger partial charge in [0.25, 0.3) is 15.9 Å². The van der Waals surface area contributed by atoms with E-state index in [0.717, 1.165) is 20.6 Å². The highest BCUT2D eigenvalue weighted by Crippen LogP contribution is 2.37. The number of hydrogen-bond donors (Lipinski definition) is 1. The minimum atomic E-state index is -4.34. The maximum atomic E-state index is 14.0. The van der Waals surface area contributed by atoms with E-state index in [1.807, 2.05) is 24.3 Å². The molecule has 0 aliphatic heterocycles. The molecule has 5 aromatic carbocycles. The number of nitrogens with zero attached hydrogens (tertiary/aromatic N) is 2. The fraction of sp³-hybridized carbons (Fsp3) is 0.143. The third-order valence-corrected chi connectivity index (χ3v) is 9.19. The summed E-state index contributed by atoms with van der Waals surface area (Å²) in [6.07, 6.45) is 1.44. The van der Waals surface area contributed by atoms with E-state index in [9.17, 15) is 13.2 Å². The lowest BCUT2D eigenvalue weighted by Crippen LogP contribution is -2.39. The van der Waals surface area contributed by atoms with E-state index >= 15 is 0 Å². The standard InChI is InChI=1S/C35H32ClN3O7S/c1-43-32-17-13-27(36)19-31(32)39(47(41,42)29-16-18-33(44-2)34(20-29)45-3)22-35(40)38-37-21-24-11-14-28(15-12-24)46-23-26-9-6-8-25-7-4-5-10-30(25)26/h4-21H,22-23H2,1-3H3,(H,38,40)/b37-21-. The van der Waals surface area contributed by atoms with E-state index in [4.69, 9.17) is 30.5 Å². The highest BCUT2D eigenvalue weighted by atomic mass is 35.5. The number of benzene rings is 5. The average molecular weight is 674 g/mol. The molecule has 0 saturated carbocycles. The molecule has 0 unspecified atom stereocenters. The molecule has 0 aliphatic carbocycles. The van der Waals surface area contributed by atoms with Gasteiger partial charge in [0, 0.05) is 11.1 Å². The van der Waals surface area contributed by atoms with Crippen LogP contribution in [-0.2, 0) is 21.4 Å². The Bertz CT molecular complexity index is 2010. The number of carbonyl (C=O) groups excluding carboxylic acids is 1. The number of ether oxygens (including phenoxy) is 4. The number of amides is 1. The third kappa shape index (κ3) is 7.76. The lowest BCUT2D eigenvalue weighted by molar-refractivity contribution is -0.119. The van der Waals surface area contributed by atoms with Gasteiger partial charge in [-0.15, -0.1) is 0 Å². The molecule has 1 N–H and O–H groups in total. The van der Waals surface area contributed by atoms with Gasteiger partial charge < -0.3 is 18.9 Å². The first-order valence-corrected chi connectivity index (χ1v) is 16.1. The maximum Gasteiger partial charge on any atom is 0.265 e. The molecule has 5 aromatic rings. The molecule has 242 valence electrons. The first kappa shape index (κ1) is 33.1. The lowest BCUT2D eigenvalue weighted by Gasteiger charge is -2.25. The topological polar surface area (TPSA) is 116 Å². The molecule has 5 rings (SSSR count). The number of fused-ring (bicyclic) bond motifs is 1. The number of hydrazone groups is 1. The van der Waals surface area contributed by atoms with Crippen molar-refractivity contribution in [3.05, 3.63) is 119 Å². The van der Waals surface area contributed by atoms with Crippen molar-refractivity contribution >= 4 is 50.2 Å². The zero-order chi connectivity index (χ0) is 33.4. The minimum Gasteiger partial charge on any atom is -0.495 e. The number of rotatable bonds is 13. The Morgan fingerprint density at radius 1 is 0.830 bits per heavy atom. The van der Waals surface area contributed by atoms with Crippen molar-refractivity contribution in [2.45, 2.75) is 11.5 Å². The van der Waals surface area contributed by atoms with Crippen LogP contribution in [0.3, 0.4) is 0 Å². The molecule has 0 radical (unpaired) electrons. The molecule has 0 spiro atoms. The van der Waals surface area contributed by atoms with Crippen molar-refractivity contribution in [3.63, 3.8) is 0 Å². The van der Waals surface area contributed by atoms with Crippen molar-refractivity contribution in [2.75, 3.05) is 32.2 Å². The molecule has 0 saturated heterocycles. The van der Waals surface area contributed by atoms with Gasteiger partial charge >= 0.3 is 0 Å². The van der Waals surface area contributed by atoms with Crippen LogP contribution in [-0.4, -0.2) is 48.4 Å². The number of sulfonamides is 1. The number of halogens is 1. The monoisotopic (exact) mass is 673 g/mol. The molecule has 0 aromatic heterocycles. The Kier molecular flexibility index (Phi) is 10.5. The number of hydrogen-bond acceptors (Lipinski definition) is 8. The summed E-state index contributed by atoms with van der Waals surface area (Å²) in [6, 6.07) is 30.0. The predicted molar refractivity (Wildman–Crippen MR) is 183 cm³/mol. The second kappa shape index (κ2) is 14.9. The fourth-order valence-electron chi connectivity index (χ4n) is 4.84. The van der Waals surface area contributed by atoms with Crippen LogP contribution in [0.25, 0.3) is 10.8 Å². The van der Waals surface area contributed by atoms with Crippen LogP contribution in [0.4, 0.5) is 5.69 Å². The smallest absolute Gasteiger partial charge is 0.265 e. The van der Waals surface area contributed by atoms with Crippen LogP contribution in [0.2, 0.25) is 5.02 Å². The van der Waals surface area contributed by atoms with Crippen LogP contribution >= 0.6 is 11.6 Å². The summed E-state index contributed by atoms with van der Waals surface area (Å²) in [6.45, 7) is -0.226. The highest BCUT2D eigenvalue weighted by molar-refractivity contribution is 7.92. The molecule has 0 atom stereocenters. The van der Waals surface area contributed by atoms with Crippen LogP contribution < -0.4 is 28.7 Å². The molecular weight excluding hydrogens is 642 g/mol.